The molecule has 0 saturated carbocycles. The topological polar surface area (TPSA) is 78.5 Å². The largest absolute Gasteiger partial charge is 0.350 e. The van der Waals surface area contributed by atoms with Crippen molar-refractivity contribution in [2.75, 3.05) is 15.5 Å². The summed E-state index contributed by atoms with van der Waals surface area (Å²) in [6, 6.07) is 17.2. The van der Waals surface area contributed by atoms with Crippen molar-refractivity contribution in [3.05, 3.63) is 98.7 Å². The molecule has 0 bridgehead atoms. The first-order valence-corrected chi connectivity index (χ1v) is 11.2. The van der Waals surface area contributed by atoms with Gasteiger partial charge in [0.1, 0.15) is 10.7 Å². The van der Waals surface area contributed by atoms with Gasteiger partial charge in [0.2, 0.25) is 0 Å². The van der Waals surface area contributed by atoms with Crippen molar-refractivity contribution in [1.82, 2.24) is 0 Å². The molecular formula is C26H21Cl2N3O3. The smallest absolute Gasteiger partial charge is 0.283 e. The molecule has 1 heterocycles. The zero-order valence-corrected chi connectivity index (χ0v) is 20.2. The number of carbonyl (C=O) groups excluding carboxylic acids is 3. The number of anilines is 3. The van der Waals surface area contributed by atoms with Crippen molar-refractivity contribution < 1.29 is 14.4 Å². The van der Waals surface area contributed by atoms with Crippen LogP contribution in [0.4, 0.5) is 17.1 Å². The van der Waals surface area contributed by atoms with E-state index in [0.717, 1.165) is 27.3 Å². The first kappa shape index (κ1) is 23.5. The molecule has 0 saturated heterocycles. The van der Waals surface area contributed by atoms with E-state index in [2.05, 4.69) is 10.6 Å². The van der Waals surface area contributed by atoms with Crippen LogP contribution in [0.1, 0.15) is 27.0 Å². The number of imide groups is 1. The van der Waals surface area contributed by atoms with Crippen LogP contribution >= 0.6 is 23.2 Å². The third-order valence-corrected chi connectivity index (χ3v) is 6.45. The van der Waals surface area contributed by atoms with Gasteiger partial charge in [-0.2, -0.15) is 0 Å². The highest BCUT2D eigenvalue weighted by Gasteiger charge is 2.39. The zero-order chi connectivity index (χ0) is 24.6. The SMILES string of the molecule is Cc1ccc(N2C(=O)C(Cl)=C(Nc3cccc(C(=O)Nc4cccc(C)c4C)c3)C2=O)cc1Cl. The second-order valence-electron chi connectivity index (χ2n) is 7.98. The van der Waals surface area contributed by atoms with E-state index in [1.807, 2.05) is 39.0 Å². The summed E-state index contributed by atoms with van der Waals surface area (Å²) >= 11 is 12.4. The Labute approximate surface area is 207 Å². The van der Waals surface area contributed by atoms with Crippen molar-refractivity contribution >= 4 is 58.0 Å². The first-order valence-electron chi connectivity index (χ1n) is 10.5. The lowest BCUT2D eigenvalue weighted by Gasteiger charge is -2.16. The van der Waals surface area contributed by atoms with Gasteiger partial charge in [-0.3, -0.25) is 14.4 Å². The van der Waals surface area contributed by atoms with Crippen LogP contribution in [0.25, 0.3) is 0 Å². The van der Waals surface area contributed by atoms with Gasteiger partial charge >= 0.3 is 0 Å². The van der Waals surface area contributed by atoms with Crippen LogP contribution in [0.5, 0.6) is 0 Å². The van der Waals surface area contributed by atoms with Gasteiger partial charge in [0.05, 0.1) is 5.69 Å². The molecule has 3 amide bonds. The van der Waals surface area contributed by atoms with Crippen molar-refractivity contribution in [3.63, 3.8) is 0 Å². The Bertz CT molecular complexity index is 1380. The normalized spacial score (nSPS) is 13.5. The van der Waals surface area contributed by atoms with E-state index in [1.54, 1.807) is 36.4 Å². The number of hydrogen-bond acceptors (Lipinski definition) is 4. The summed E-state index contributed by atoms with van der Waals surface area (Å²) in [5, 5.41) is 5.99. The molecule has 0 aromatic heterocycles. The molecule has 8 heteroatoms. The monoisotopic (exact) mass is 493 g/mol. The average molecular weight is 494 g/mol. The quantitative estimate of drug-likeness (QED) is 0.430. The molecule has 172 valence electrons. The maximum Gasteiger partial charge on any atom is 0.283 e. The van der Waals surface area contributed by atoms with Gasteiger partial charge in [0.25, 0.3) is 17.7 Å². The molecule has 1 aliphatic rings. The summed E-state index contributed by atoms with van der Waals surface area (Å²) in [4.78, 5) is 39.5. The first-order chi connectivity index (χ1) is 16.2. The lowest BCUT2D eigenvalue weighted by Crippen LogP contribution is -2.32. The van der Waals surface area contributed by atoms with Crippen molar-refractivity contribution in [2.45, 2.75) is 20.8 Å². The van der Waals surface area contributed by atoms with E-state index >= 15 is 0 Å². The molecule has 0 unspecified atom stereocenters. The number of benzene rings is 3. The molecule has 0 fully saturated rings. The number of nitrogens with zero attached hydrogens (tertiary/aromatic N) is 1. The molecule has 3 aromatic rings. The second-order valence-corrected chi connectivity index (χ2v) is 8.76. The van der Waals surface area contributed by atoms with Crippen molar-refractivity contribution in [2.24, 2.45) is 0 Å². The number of aryl methyl sites for hydroxylation is 2. The van der Waals surface area contributed by atoms with Crippen molar-refractivity contribution in [1.29, 1.82) is 0 Å². The van der Waals surface area contributed by atoms with Gasteiger partial charge in [-0.25, -0.2) is 4.90 Å². The Morgan fingerprint density at radius 2 is 1.59 bits per heavy atom. The number of hydrogen-bond donors (Lipinski definition) is 2. The molecule has 3 aromatic carbocycles. The van der Waals surface area contributed by atoms with E-state index in [-0.39, 0.29) is 16.6 Å². The summed E-state index contributed by atoms with van der Waals surface area (Å²) in [5.74, 6) is -1.57. The average Bonchev–Trinajstić information content (AvgIpc) is 3.02. The summed E-state index contributed by atoms with van der Waals surface area (Å²) in [5.41, 5.74) is 4.65. The molecule has 34 heavy (non-hydrogen) atoms. The van der Waals surface area contributed by atoms with Gasteiger partial charge in [-0.15, -0.1) is 0 Å². The molecular weight excluding hydrogens is 473 g/mol. The molecule has 0 radical (unpaired) electrons. The number of nitrogens with one attached hydrogen (secondary N) is 2. The summed E-state index contributed by atoms with van der Waals surface area (Å²) < 4.78 is 0. The minimum atomic E-state index is -0.655. The maximum absolute atomic E-state index is 13.0. The Balaban J connectivity index is 1.56. The standard InChI is InChI=1S/C26H21Cl2N3O3/c1-14-6-4-9-21(16(14)3)30-24(32)17-7-5-8-18(12-17)29-23-22(28)25(33)31(26(23)34)19-11-10-15(2)20(27)13-19/h4-13,29H,1-3H3,(H,30,32). The van der Waals surface area contributed by atoms with E-state index in [1.165, 1.54) is 6.07 Å². The fourth-order valence-corrected chi connectivity index (χ4v) is 3.92. The number of rotatable bonds is 5. The molecule has 1 aliphatic heterocycles. The van der Waals surface area contributed by atoms with Crippen LogP contribution in [0.3, 0.4) is 0 Å². The Kier molecular flexibility index (Phi) is 6.46. The maximum atomic E-state index is 13.0. The molecule has 0 atom stereocenters. The third kappa shape index (κ3) is 4.42. The number of halogens is 2. The van der Waals surface area contributed by atoms with E-state index in [9.17, 15) is 14.4 Å². The molecule has 0 aliphatic carbocycles. The van der Waals surface area contributed by atoms with Gasteiger partial charge in [0.15, 0.2) is 0 Å². The number of carbonyl (C=O) groups is 3. The van der Waals surface area contributed by atoms with Crippen molar-refractivity contribution in [3.8, 4) is 0 Å². The zero-order valence-electron chi connectivity index (χ0n) is 18.7. The Morgan fingerprint density at radius 3 is 2.32 bits per heavy atom. The Hall–Kier alpha value is -3.61. The van der Waals surface area contributed by atoms with Gasteiger partial charge in [0, 0.05) is 22.0 Å². The summed E-state index contributed by atoms with van der Waals surface area (Å²) in [7, 11) is 0. The van der Waals surface area contributed by atoms with Gasteiger partial charge in [-0.1, -0.05) is 47.5 Å². The van der Waals surface area contributed by atoms with Crippen LogP contribution in [-0.2, 0) is 9.59 Å². The minimum absolute atomic E-state index is 0.0737. The predicted octanol–water partition coefficient (Wildman–Crippen LogP) is 5.95. The highest BCUT2D eigenvalue weighted by molar-refractivity contribution is 6.53. The minimum Gasteiger partial charge on any atom is -0.350 e. The highest BCUT2D eigenvalue weighted by atomic mass is 35.5. The lowest BCUT2D eigenvalue weighted by molar-refractivity contribution is -0.120. The molecule has 6 nitrogen and oxygen atoms in total. The van der Waals surface area contributed by atoms with Crippen LogP contribution in [0.15, 0.2) is 71.4 Å². The van der Waals surface area contributed by atoms with Gasteiger partial charge < -0.3 is 10.6 Å². The van der Waals surface area contributed by atoms with E-state index in [0.29, 0.717) is 22.0 Å². The fourth-order valence-electron chi connectivity index (χ4n) is 3.53. The van der Waals surface area contributed by atoms with E-state index in [4.69, 9.17) is 23.2 Å². The van der Waals surface area contributed by atoms with Crippen LogP contribution in [0.2, 0.25) is 5.02 Å². The third-order valence-electron chi connectivity index (χ3n) is 5.69. The molecule has 4 rings (SSSR count). The van der Waals surface area contributed by atoms with Gasteiger partial charge in [-0.05, 0) is 73.9 Å². The second kappa shape index (κ2) is 9.33. The highest BCUT2D eigenvalue weighted by Crippen LogP contribution is 2.32. The summed E-state index contributed by atoms with van der Waals surface area (Å²) in [6.07, 6.45) is 0. The lowest BCUT2D eigenvalue weighted by atomic mass is 10.1. The molecule has 2 N–H and O–H groups in total. The van der Waals surface area contributed by atoms with Crippen LogP contribution < -0.4 is 15.5 Å². The molecule has 0 spiro atoms. The predicted molar refractivity (Wildman–Crippen MR) is 135 cm³/mol. The Morgan fingerprint density at radius 1 is 0.853 bits per heavy atom. The van der Waals surface area contributed by atoms with Crippen LogP contribution in [0, 0.1) is 20.8 Å². The fraction of sp³-hybridized carbons (Fsp3) is 0.115. The van der Waals surface area contributed by atoms with E-state index < -0.39 is 11.8 Å². The van der Waals surface area contributed by atoms with Crippen LogP contribution in [-0.4, -0.2) is 17.7 Å². The summed E-state index contributed by atoms with van der Waals surface area (Å²) in [6.45, 7) is 5.73. The number of amides is 3.